The first-order valence-electron chi connectivity index (χ1n) is 7.35. The number of anilines is 1. The Morgan fingerprint density at radius 3 is 2.25 bits per heavy atom. The van der Waals surface area contributed by atoms with E-state index in [1.165, 1.54) is 40.7 Å². The van der Waals surface area contributed by atoms with Gasteiger partial charge in [0, 0.05) is 24.8 Å². The maximum Gasteiger partial charge on any atom is 0.276 e. The van der Waals surface area contributed by atoms with Crippen LogP contribution < -0.4 is 10.9 Å². The van der Waals surface area contributed by atoms with Crippen LogP contribution in [0.5, 0.6) is 0 Å². The Hall–Kier alpha value is -2.52. The number of hydrogen-bond acceptors (Lipinski definition) is 5. The topological polar surface area (TPSA) is 112 Å². The minimum absolute atomic E-state index is 0.0504. The molecule has 2 N–H and O–H groups in total. The van der Waals surface area contributed by atoms with Gasteiger partial charge in [-0.05, 0) is 30.3 Å². The summed E-state index contributed by atoms with van der Waals surface area (Å²) in [6.45, 7) is 4.31. The minimum atomic E-state index is -3.53. The molecule has 1 aromatic carbocycles. The van der Waals surface area contributed by atoms with Crippen LogP contribution in [0, 0.1) is 0 Å². The predicted molar refractivity (Wildman–Crippen MR) is 89.4 cm³/mol. The van der Waals surface area contributed by atoms with Gasteiger partial charge in [0.2, 0.25) is 10.0 Å². The number of nitrogens with one attached hydrogen (secondary N) is 2. The van der Waals surface area contributed by atoms with Gasteiger partial charge < -0.3 is 5.32 Å². The van der Waals surface area contributed by atoms with Crippen molar-refractivity contribution in [3.63, 3.8) is 0 Å². The van der Waals surface area contributed by atoms with Crippen LogP contribution in [-0.2, 0) is 10.0 Å². The van der Waals surface area contributed by atoms with Gasteiger partial charge in [-0.1, -0.05) is 13.8 Å². The summed E-state index contributed by atoms with van der Waals surface area (Å²) in [5, 5.41) is 8.38. The summed E-state index contributed by atoms with van der Waals surface area (Å²) in [7, 11) is -3.53. The van der Waals surface area contributed by atoms with Crippen molar-refractivity contribution in [2.75, 3.05) is 18.4 Å². The third-order valence-electron chi connectivity index (χ3n) is 3.37. The van der Waals surface area contributed by atoms with Gasteiger partial charge in [-0.3, -0.25) is 9.59 Å². The Morgan fingerprint density at radius 1 is 1.12 bits per heavy atom. The lowest BCUT2D eigenvalue weighted by Gasteiger charge is -2.18. The Labute approximate surface area is 139 Å². The van der Waals surface area contributed by atoms with Crippen LogP contribution in [0.3, 0.4) is 0 Å². The van der Waals surface area contributed by atoms with E-state index >= 15 is 0 Å². The molecule has 0 fully saturated rings. The van der Waals surface area contributed by atoms with Crippen LogP contribution in [0.15, 0.2) is 46.1 Å². The number of carbonyl (C=O) groups excluding carboxylic acids is 1. The average Bonchev–Trinajstić information content (AvgIpc) is 2.56. The highest BCUT2D eigenvalue weighted by molar-refractivity contribution is 7.89. The first-order valence-corrected chi connectivity index (χ1v) is 8.79. The second kappa shape index (κ2) is 7.37. The Kier molecular flexibility index (Phi) is 5.47. The lowest BCUT2D eigenvalue weighted by atomic mass is 10.3. The van der Waals surface area contributed by atoms with Crippen LogP contribution in [-0.4, -0.2) is 41.9 Å². The van der Waals surface area contributed by atoms with Gasteiger partial charge in [0.05, 0.1) is 4.90 Å². The van der Waals surface area contributed by atoms with E-state index < -0.39 is 21.5 Å². The predicted octanol–water partition coefficient (Wildman–Crippen LogP) is 1.05. The summed E-state index contributed by atoms with van der Waals surface area (Å²) in [4.78, 5) is 23.1. The van der Waals surface area contributed by atoms with E-state index in [-0.39, 0.29) is 10.6 Å². The van der Waals surface area contributed by atoms with Gasteiger partial charge in [-0.15, -0.1) is 0 Å². The third-order valence-corrected chi connectivity index (χ3v) is 5.43. The van der Waals surface area contributed by atoms with Crippen molar-refractivity contribution < 1.29 is 13.2 Å². The number of H-pyrrole nitrogens is 1. The fraction of sp³-hybridized carbons (Fsp3) is 0.267. The quantitative estimate of drug-likeness (QED) is 0.809. The molecule has 0 bridgehead atoms. The second-order valence-corrected chi connectivity index (χ2v) is 6.81. The van der Waals surface area contributed by atoms with Crippen LogP contribution in [0.2, 0.25) is 0 Å². The van der Waals surface area contributed by atoms with E-state index in [4.69, 9.17) is 0 Å². The fourth-order valence-electron chi connectivity index (χ4n) is 2.09. The standard InChI is InChI=1S/C15H18N4O4S/c1-3-19(4-2)24(22,23)12-7-5-11(6-8-12)16-15(21)13-9-10-14(20)18-17-13/h5-10H,3-4H2,1-2H3,(H,16,21)(H,18,20). The maximum atomic E-state index is 12.4. The van der Waals surface area contributed by atoms with Crippen LogP contribution in [0.25, 0.3) is 0 Å². The minimum Gasteiger partial charge on any atom is -0.321 e. The molecular weight excluding hydrogens is 332 g/mol. The zero-order valence-corrected chi connectivity index (χ0v) is 14.1. The highest BCUT2D eigenvalue weighted by atomic mass is 32.2. The highest BCUT2D eigenvalue weighted by Gasteiger charge is 2.21. The van der Waals surface area contributed by atoms with E-state index in [2.05, 4.69) is 15.5 Å². The number of hydrogen-bond donors (Lipinski definition) is 2. The summed E-state index contributed by atoms with van der Waals surface area (Å²) < 4.78 is 26.1. The van der Waals surface area contributed by atoms with E-state index in [1.54, 1.807) is 13.8 Å². The number of aromatic amines is 1. The molecule has 2 aromatic rings. The number of aromatic nitrogens is 2. The smallest absolute Gasteiger partial charge is 0.276 e. The SMILES string of the molecule is CCN(CC)S(=O)(=O)c1ccc(NC(=O)c2ccc(=O)[nH]n2)cc1. The highest BCUT2D eigenvalue weighted by Crippen LogP contribution is 2.18. The molecule has 0 saturated heterocycles. The molecule has 0 aliphatic heterocycles. The maximum absolute atomic E-state index is 12.4. The molecule has 128 valence electrons. The largest absolute Gasteiger partial charge is 0.321 e. The molecule has 24 heavy (non-hydrogen) atoms. The number of carbonyl (C=O) groups is 1. The lowest BCUT2D eigenvalue weighted by molar-refractivity contribution is 0.102. The molecule has 0 spiro atoms. The Bertz CT molecular complexity index is 851. The normalized spacial score (nSPS) is 11.5. The molecule has 0 unspecified atom stereocenters. The van der Waals surface area contributed by atoms with Crippen molar-refractivity contribution in [2.24, 2.45) is 0 Å². The number of benzene rings is 1. The van der Waals surface area contributed by atoms with Crippen molar-refractivity contribution in [3.05, 3.63) is 52.4 Å². The molecule has 1 aromatic heterocycles. The van der Waals surface area contributed by atoms with Gasteiger partial charge in [-0.25, -0.2) is 13.5 Å². The van der Waals surface area contributed by atoms with E-state index in [1.807, 2.05) is 0 Å². The summed E-state index contributed by atoms with van der Waals surface area (Å²) in [5.41, 5.74) is 0.0680. The molecule has 9 heteroatoms. The van der Waals surface area contributed by atoms with Crippen molar-refractivity contribution in [3.8, 4) is 0 Å². The van der Waals surface area contributed by atoms with E-state index in [0.717, 1.165) is 0 Å². The number of sulfonamides is 1. The molecular formula is C15H18N4O4S. The second-order valence-electron chi connectivity index (χ2n) is 4.87. The van der Waals surface area contributed by atoms with E-state index in [0.29, 0.717) is 18.8 Å². The van der Waals surface area contributed by atoms with Crippen LogP contribution >= 0.6 is 0 Å². The Balaban J connectivity index is 2.16. The summed E-state index contributed by atoms with van der Waals surface area (Å²) in [6, 6.07) is 8.36. The van der Waals surface area contributed by atoms with Gasteiger partial charge in [0.1, 0.15) is 5.69 Å². The average molecular weight is 350 g/mol. The van der Waals surface area contributed by atoms with Gasteiger partial charge in [-0.2, -0.15) is 9.40 Å². The summed E-state index contributed by atoms with van der Waals surface area (Å²) in [5.74, 6) is -0.509. The molecule has 0 saturated carbocycles. The van der Waals surface area contributed by atoms with Gasteiger partial charge in [0.25, 0.3) is 11.5 Å². The summed E-state index contributed by atoms with van der Waals surface area (Å²) in [6.07, 6.45) is 0. The Morgan fingerprint density at radius 2 is 1.75 bits per heavy atom. The number of nitrogens with zero attached hydrogens (tertiary/aromatic N) is 2. The first kappa shape index (κ1) is 17.8. The zero-order chi connectivity index (χ0) is 17.7. The third kappa shape index (κ3) is 3.87. The van der Waals surface area contributed by atoms with Crippen LogP contribution in [0.4, 0.5) is 5.69 Å². The zero-order valence-electron chi connectivity index (χ0n) is 13.3. The molecule has 2 rings (SSSR count). The van der Waals surface area contributed by atoms with Crippen LogP contribution in [0.1, 0.15) is 24.3 Å². The number of rotatable bonds is 6. The van der Waals surface area contributed by atoms with Crippen molar-refractivity contribution in [1.29, 1.82) is 0 Å². The van der Waals surface area contributed by atoms with Gasteiger partial charge >= 0.3 is 0 Å². The molecule has 0 aliphatic rings. The van der Waals surface area contributed by atoms with E-state index in [9.17, 15) is 18.0 Å². The van der Waals surface area contributed by atoms with Crippen molar-refractivity contribution >= 4 is 21.6 Å². The monoisotopic (exact) mass is 350 g/mol. The van der Waals surface area contributed by atoms with Crippen molar-refractivity contribution in [2.45, 2.75) is 18.7 Å². The first-order chi connectivity index (χ1) is 11.4. The van der Waals surface area contributed by atoms with Crippen molar-refractivity contribution in [1.82, 2.24) is 14.5 Å². The molecule has 0 aliphatic carbocycles. The fourth-order valence-corrected chi connectivity index (χ4v) is 3.55. The molecule has 1 amide bonds. The molecule has 0 atom stereocenters. The lowest BCUT2D eigenvalue weighted by Crippen LogP contribution is -2.30. The molecule has 8 nitrogen and oxygen atoms in total. The summed E-state index contributed by atoms with van der Waals surface area (Å²) >= 11 is 0. The molecule has 1 heterocycles. The van der Waals surface area contributed by atoms with Gasteiger partial charge in [0.15, 0.2) is 0 Å². The number of amides is 1. The molecule has 0 radical (unpaired) electrons.